The van der Waals surface area contributed by atoms with E-state index in [4.69, 9.17) is 5.73 Å². The molecule has 0 fully saturated rings. The molecule has 0 aliphatic heterocycles. The first-order valence-electron chi connectivity index (χ1n) is 7.49. The summed E-state index contributed by atoms with van der Waals surface area (Å²) in [5.41, 5.74) is 8.71. The monoisotopic (exact) mass is 322 g/mol. The number of amides is 1. The number of benzene rings is 1. The number of carbonyl (C=O) groups excluding carboxylic acids is 1. The first-order valence-corrected chi connectivity index (χ1v) is 7.49. The quantitative estimate of drug-likeness (QED) is 0.641. The van der Waals surface area contributed by atoms with Crippen molar-refractivity contribution in [3.05, 3.63) is 53.9 Å². The summed E-state index contributed by atoms with van der Waals surface area (Å²) < 4.78 is 0. The van der Waals surface area contributed by atoms with Crippen LogP contribution < -0.4 is 5.73 Å². The summed E-state index contributed by atoms with van der Waals surface area (Å²) in [6.45, 7) is 3.48. The maximum absolute atomic E-state index is 10.9. The number of hydrogen-bond acceptors (Lipinski definition) is 4. The lowest BCUT2D eigenvalue weighted by Gasteiger charge is -2.17. The molecule has 0 saturated carbocycles. The van der Waals surface area contributed by atoms with Crippen molar-refractivity contribution in [3.8, 4) is 11.3 Å². The summed E-state index contributed by atoms with van der Waals surface area (Å²) in [5, 5.41) is 10.0. The third-order valence-corrected chi connectivity index (χ3v) is 3.72. The van der Waals surface area contributed by atoms with E-state index in [1.165, 1.54) is 6.08 Å². The topological polar surface area (TPSA) is 105 Å². The number of hydrogen-bond donors (Lipinski definition) is 3. The molecule has 24 heavy (non-hydrogen) atoms. The summed E-state index contributed by atoms with van der Waals surface area (Å²) in [5.74, 6) is -0.518. The van der Waals surface area contributed by atoms with Gasteiger partial charge in [0.25, 0.3) is 0 Å². The van der Waals surface area contributed by atoms with Crippen LogP contribution in [0.2, 0.25) is 0 Å². The van der Waals surface area contributed by atoms with Gasteiger partial charge in [-0.15, -0.1) is 0 Å². The van der Waals surface area contributed by atoms with Gasteiger partial charge >= 0.3 is 0 Å². The van der Waals surface area contributed by atoms with Gasteiger partial charge in [-0.2, -0.15) is 0 Å². The highest BCUT2D eigenvalue weighted by Gasteiger charge is 2.15. The van der Waals surface area contributed by atoms with Crippen molar-refractivity contribution in [3.63, 3.8) is 0 Å². The van der Waals surface area contributed by atoms with Crippen LogP contribution in [0.5, 0.6) is 0 Å². The normalized spacial score (nSPS) is 12.1. The summed E-state index contributed by atoms with van der Waals surface area (Å²) in [6, 6.07) is 7.53. The first-order chi connectivity index (χ1) is 11.3. The highest BCUT2D eigenvalue weighted by atomic mass is 16.3. The predicted octanol–water partition coefficient (Wildman–Crippen LogP) is 2.35. The highest BCUT2D eigenvalue weighted by Crippen LogP contribution is 2.25. The largest absolute Gasteiger partial charge is 0.386 e. The maximum atomic E-state index is 10.9. The second-order valence-corrected chi connectivity index (χ2v) is 6.07. The van der Waals surface area contributed by atoms with Crippen molar-refractivity contribution in [1.82, 2.24) is 15.0 Å². The molecule has 0 spiro atoms. The first kappa shape index (κ1) is 15.9. The van der Waals surface area contributed by atoms with Crippen LogP contribution in [-0.4, -0.2) is 26.0 Å². The van der Waals surface area contributed by atoms with Gasteiger partial charge < -0.3 is 15.8 Å². The molecule has 6 heteroatoms. The SMILES string of the molecule is CC(C)(O)c1ccc(-c2cnc3[nH]cc(C=CC(N)=O)c3n2)cc1. The van der Waals surface area contributed by atoms with Gasteiger partial charge in [0.1, 0.15) is 5.52 Å². The second kappa shape index (κ2) is 5.90. The molecule has 122 valence electrons. The number of H-pyrrole nitrogens is 1. The second-order valence-electron chi connectivity index (χ2n) is 6.07. The molecular formula is C18H18N4O2. The van der Waals surface area contributed by atoms with Crippen molar-refractivity contribution in [2.45, 2.75) is 19.4 Å². The van der Waals surface area contributed by atoms with Crippen LogP contribution >= 0.6 is 0 Å². The molecule has 3 aromatic rings. The summed E-state index contributed by atoms with van der Waals surface area (Å²) in [6.07, 6.45) is 6.30. The van der Waals surface area contributed by atoms with Gasteiger partial charge in [-0.25, -0.2) is 9.97 Å². The Kier molecular flexibility index (Phi) is 3.91. The van der Waals surface area contributed by atoms with E-state index >= 15 is 0 Å². The third kappa shape index (κ3) is 3.18. The van der Waals surface area contributed by atoms with Crippen LogP contribution in [0.15, 0.2) is 42.7 Å². The van der Waals surface area contributed by atoms with Crippen molar-refractivity contribution < 1.29 is 9.90 Å². The predicted molar refractivity (Wildman–Crippen MR) is 92.8 cm³/mol. The lowest BCUT2D eigenvalue weighted by molar-refractivity contribution is -0.113. The van der Waals surface area contributed by atoms with E-state index in [2.05, 4.69) is 15.0 Å². The van der Waals surface area contributed by atoms with Gasteiger partial charge in [-0.1, -0.05) is 24.3 Å². The molecule has 0 unspecified atom stereocenters. The highest BCUT2D eigenvalue weighted by molar-refractivity contribution is 5.93. The van der Waals surface area contributed by atoms with Crippen molar-refractivity contribution in [2.24, 2.45) is 5.73 Å². The van der Waals surface area contributed by atoms with E-state index in [1.807, 2.05) is 24.3 Å². The molecular weight excluding hydrogens is 304 g/mol. The molecule has 0 aliphatic rings. The molecule has 4 N–H and O–H groups in total. The van der Waals surface area contributed by atoms with Crippen LogP contribution in [0.3, 0.4) is 0 Å². The van der Waals surface area contributed by atoms with Gasteiger partial charge in [-0.05, 0) is 25.5 Å². The molecule has 1 aromatic carbocycles. The average Bonchev–Trinajstić information content (AvgIpc) is 2.94. The zero-order valence-electron chi connectivity index (χ0n) is 13.4. The molecule has 1 amide bonds. The lowest BCUT2D eigenvalue weighted by Crippen LogP contribution is -2.14. The van der Waals surface area contributed by atoms with Gasteiger partial charge in [0, 0.05) is 23.4 Å². The lowest BCUT2D eigenvalue weighted by atomic mass is 9.97. The van der Waals surface area contributed by atoms with Crippen molar-refractivity contribution >= 4 is 23.1 Å². The Morgan fingerprint density at radius 3 is 2.62 bits per heavy atom. The fourth-order valence-corrected chi connectivity index (χ4v) is 2.40. The number of carbonyl (C=O) groups is 1. The zero-order chi connectivity index (χ0) is 17.3. The third-order valence-electron chi connectivity index (χ3n) is 3.72. The van der Waals surface area contributed by atoms with E-state index < -0.39 is 11.5 Å². The molecule has 0 saturated heterocycles. The Morgan fingerprint density at radius 1 is 1.29 bits per heavy atom. The Balaban J connectivity index is 2.01. The van der Waals surface area contributed by atoms with Crippen LogP contribution in [0.25, 0.3) is 28.5 Å². The van der Waals surface area contributed by atoms with Crippen LogP contribution in [0, 0.1) is 0 Å². The van der Waals surface area contributed by atoms with Crippen LogP contribution in [0.1, 0.15) is 25.0 Å². The molecule has 3 rings (SSSR count). The van der Waals surface area contributed by atoms with E-state index in [-0.39, 0.29) is 0 Å². The van der Waals surface area contributed by atoms with Gasteiger partial charge in [0.15, 0.2) is 5.65 Å². The fraction of sp³-hybridized carbons (Fsp3) is 0.167. The minimum atomic E-state index is -0.887. The zero-order valence-corrected chi connectivity index (χ0v) is 13.4. The molecule has 0 atom stereocenters. The van der Waals surface area contributed by atoms with Crippen LogP contribution in [-0.2, 0) is 10.4 Å². The molecule has 6 nitrogen and oxygen atoms in total. The van der Waals surface area contributed by atoms with E-state index in [1.54, 1.807) is 32.3 Å². The van der Waals surface area contributed by atoms with Gasteiger partial charge in [-0.3, -0.25) is 4.79 Å². The maximum Gasteiger partial charge on any atom is 0.241 e. The van der Waals surface area contributed by atoms with Crippen LogP contribution in [0.4, 0.5) is 0 Å². The smallest absolute Gasteiger partial charge is 0.241 e. The van der Waals surface area contributed by atoms with E-state index in [0.717, 1.165) is 16.7 Å². The van der Waals surface area contributed by atoms with E-state index in [9.17, 15) is 9.90 Å². The number of primary amides is 1. The summed E-state index contributed by atoms with van der Waals surface area (Å²) >= 11 is 0. The number of aromatic amines is 1. The standard InChI is InChI=1S/C18H18N4O2/c1-18(2,24)13-6-3-11(4-7-13)14-10-21-17-16(22-14)12(9-20-17)5-8-15(19)23/h3-10,24H,1-2H3,(H2,19,23)(H,20,21). The Morgan fingerprint density at radius 2 is 2.00 bits per heavy atom. The fourth-order valence-electron chi connectivity index (χ4n) is 2.40. The van der Waals surface area contributed by atoms with Crippen molar-refractivity contribution in [1.29, 1.82) is 0 Å². The number of aromatic nitrogens is 3. The number of rotatable bonds is 4. The van der Waals surface area contributed by atoms with E-state index in [0.29, 0.717) is 16.9 Å². The Hall–Kier alpha value is -2.99. The minimum Gasteiger partial charge on any atom is -0.386 e. The number of aliphatic hydroxyl groups is 1. The Labute approximate surface area is 139 Å². The minimum absolute atomic E-state index is 0.518. The molecule has 2 aromatic heterocycles. The summed E-state index contributed by atoms with van der Waals surface area (Å²) in [4.78, 5) is 22.9. The number of fused-ring (bicyclic) bond motifs is 1. The Bertz CT molecular complexity index is 918. The number of nitrogens with two attached hydrogens (primary N) is 1. The summed E-state index contributed by atoms with van der Waals surface area (Å²) in [7, 11) is 0. The number of nitrogens with zero attached hydrogens (tertiary/aromatic N) is 2. The van der Waals surface area contributed by atoms with Gasteiger partial charge in [0.2, 0.25) is 5.91 Å². The number of nitrogens with one attached hydrogen (secondary N) is 1. The van der Waals surface area contributed by atoms with Gasteiger partial charge in [0.05, 0.1) is 17.5 Å². The molecule has 2 heterocycles. The average molecular weight is 322 g/mol. The molecule has 0 bridgehead atoms. The van der Waals surface area contributed by atoms with Crippen molar-refractivity contribution in [2.75, 3.05) is 0 Å². The molecule has 0 aliphatic carbocycles. The molecule has 0 radical (unpaired) electrons.